The average molecular weight is 302 g/mol. The Morgan fingerprint density at radius 3 is 2.32 bits per heavy atom. The van der Waals surface area contributed by atoms with E-state index in [-0.39, 0.29) is 12.0 Å². The molecule has 0 amide bonds. The lowest BCUT2D eigenvalue weighted by Crippen LogP contribution is -2.26. The molecule has 0 N–H and O–H groups in total. The van der Waals surface area contributed by atoms with Crippen molar-refractivity contribution in [1.82, 2.24) is 15.0 Å². The molecule has 1 aliphatic heterocycles. The SMILES string of the molecule is COc1ccc2c(c1)CCCN2c1nc(OC)nc(OC)n1. The molecule has 0 spiro atoms. The lowest BCUT2D eigenvalue weighted by Gasteiger charge is -2.29. The first-order valence-electron chi connectivity index (χ1n) is 7.03. The van der Waals surface area contributed by atoms with Gasteiger partial charge in [0, 0.05) is 12.2 Å². The molecule has 1 aromatic carbocycles. The molecule has 0 bridgehead atoms. The Bertz CT molecular complexity index is 656. The number of hydrogen-bond acceptors (Lipinski definition) is 7. The summed E-state index contributed by atoms with van der Waals surface area (Å²) in [4.78, 5) is 14.8. The molecule has 0 saturated heterocycles. The van der Waals surface area contributed by atoms with E-state index in [1.807, 2.05) is 17.0 Å². The first-order valence-corrected chi connectivity index (χ1v) is 7.03. The summed E-state index contributed by atoms with van der Waals surface area (Å²) in [6.07, 6.45) is 2.01. The maximum atomic E-state index is 5.29. The van der Waals surface area contributed by atoms with Crippen LogP contribution in [0.1, 0.15) is 12.0 Å². The zero-order chi connectivity index (χ0) is 15.5. The average Bonchev–Trinajstić information content (AvgIpc) is 2.60. The number of benzene rings is 1. The van der Waals surface area contributed by atoms with Crippen molar-refractivity contribution < 1.29 is 14.2 Å². The van der Waals surface area contributed by atoms with Crippen molar-refractivity contribution in [2.24, 2.45) is 0 Å². The van der Waals surface area contributed by atoms with E-state index in [4.69, 9.17) is 14.2 Å². The van der Waals surface area contributed by atoms with Gasteiger partial charge in [0.15, 0.2) is 0 Å². The standard InChI is InChI=1S/C15H18N4O3/c1-20-11-6-7-12-10(9-11)5-4-8-19(12)13-16-14(21-2)18-15(17-13)22-3/h6-7,9H,4-5,8H2,1-3H3. The molecule has 7 nitrogen and oxygen atoms in total. The van der Waals surface area contributed by atoms with Crippen LogP contribution in [-0.2, 0) is 6.42 Å². The minimum absolute atomic E-state index is 0.238. The van der Waals surface area contributed by atoms with Crippen molar-refractivity contribution in [3.8, 4) is 17.8 Å². The molecule has 0 saturated carbocycles. The van der Waals surface area contributed by atoms with Gasteiger partial charge < -0.3 is 19.1 Å². The number of anilines is 2. The summed E-state index contributed by atoms with van der Waals surface area (Å²) in [7, 11) is 4.71. The fourth-order valence-corrected chi connectivity index (χ4v) is 2.54. The van der Waals surface area contributed by atoms with Crippen molar-refractivity contribution >= 4 is 11.6 Å². The Balaban J connectivity index is 2.03. The summed E-state index contributed by atoms with van der Waals surface area (Å²) >= 11 is 0. The van der Waals surface area contributed by atoms with E-state index in [0.29, 0.717) is 5.95 Å². The van der Waals surface area contributed by atoms with E-state index in [9.17, 15) is 0 Å². The highest BCUT2D eigenvalue weighted by Crippen LogP contribution is 2.34. The van der Waals surface area contributed by atoms with Crippen LogP contribution in [0.25, 0.3) is 0 Å². The third-order valence-corrected chi connectivity index (χ3v) is 3.59. The van der Waals surface area contributed by atoms with Crippen LogP contribution in [0.4, 0.5) is 11.6 Å². The molecule has 22 heavy (non-hydrogen) atoms. The Labute approximate surface area is 128 Å². The highest BCUT2D eigenvalue weighted by Gasteiger charge is 2.22. The maximum absolute atomic E-state index is 5.29. The first-order chi connectivity index (χ1) is 10.7. The van der Waals surface area contributed by atoms with Gasteiger partial charge in [-0.3, -0.25) is 0 Å². The van der Waals surface area contributed by atoms with Crippen molar-refractivity contribution in [3.05, 3.63) is 23.8 Å². The number of hydrogen-bond donors (Lipinski definition) is 0. The van der Waals surface area contributed by atoms with E-state index in [2.05, 4.69) is 21.0 Å². The topological polar surface area (TPSA) is 69.6 Å². The molecule has 0 unspecified atom stereocenters. The van der Waals surface area contributed by atoms with Gasteiger partial charge in [-0.05, 0) is 36.6 Å². The van der Waals surface area contributed by atoms with E-state index in [1.54, 1.807) is 7.11 Å². The molecule has 2 aromatic rings. The van der Waals surface area contributed by atoms with Crippen molar-refractivity contribution in [2.45, 2.75) is 12.8 Å². The van der Waals surface area contributed by atoms with Gasteiger partial charge in [-0.15, -0.1) is 4.98 Å². The summed E-state index contributed by atoms with van der Waals surface area (Å²) in [6, 6.07) is 6.49. The number of aromatic nitrogens is 3. The first kappa shape index (κ1) is 14.4. The van der Waals surface area contributed by atoms with E-state index in [0.717, 1.165) is 30.8 Å². The molecular formula is C15H18N4O3. The second-order valence-electron chi connectivity index (χ2n) is 4.86. The molecular weight excluding hydrogens is 284 g/mol. The summed E-state index contributed by atoms with van der Waals surface area (Å²) in [5.41, 5.74) is 2.28. The summed E-state index contributed by atoms with van der Waals surface area (Å²) in [5, 5.41) is 0. The molecule has 0 atom stereocenters. The highest BCUT2D eigenvalue weighted by molar-refractivity contribution is 5.65. The van der Waals surface area contributed by atoms with Crippen LogP contribution in [0.15, 0.2) is 18.2 Å². The van der Waals surface area contributed by atoms with Gasteiger partial charge in [-0.2, -0.15) is 9.97 Å². The van der Waals surface area contributed by atoms with Crippen LogP contribution in [0, 0.1) is 0 Å². The van der Waals surface area contributed by atoms with Crippen LogP contribution in [0.2, 0.25) is 0 Å². The van der Waals surface area contributed by atoms with Crippen LogP contribution < -0.4 is 19.1 Å². The molecule has 2 heterocycles. The smallest absolute Gasteiger partial charge is 0.324 e. The molecule has 1 aliphatic rings. The second kappa shape index (κ2) is 6.05. The fraction of sp³-hybridized carbons (Fsp3) is 0.400. The number of aryl methyl sites for hydroxylation is 1. The zero-order valence-corrected chi connectivity index (χ0v) is 12.9. The van der Waals surface area contributed by atoms with E-state index < -0.39 is 0 Å². The number of ether oxygens (including phenoxy) is 3. The predicted molar refractivity (Wildman–Crippen MR) is 81.3 cm³/mol. The van der Waals surface area contributed by atoms with Crippen LogP contribution >= 0.6 is 0 Å². The largest absolute Gasteiger partial charge is 0.497 e. The molecule has 7 heteroatoms. The Morgan fingerprint density at radius 1 is 0.955 bits per heavy atom. The molecule has 0 aliphatic carbocycles. The maximum Gasteiger partial charge on any atom is 0.324 e. The predicted octanol–water partition coefficient (Wildman–Crippen LogP) is 1.98. The summed E-state index contributed by atoms with van der Waals surface area (Å²) in [6.45, 7) is 0.829. The van der Waals surface area contributed by atoms with Crippen molar-refractivity contribution in [3.63, 3.8) is 0 Å². The monoisotopic (exact) mass is 302 g/mol. The van der Waals surface area contributed by atoms with Crippen LogP contribution in [0.3, 0.4) is 0 Å². The van der Waals surface area contributed by atoms with Gasteiger partial charge in [0.25, 0.3) is 0 Å². The lowest BCUT2D eigenvalue weighted by atomic mass is 10.0. The Hall–Kier alpha value is -2.57. The summed E-state index contributed by atoms with van der Waals surface area (Å²) in [5.74, 6) is 1.38. The van der Waals surface area contributed by atoms with E-state index in [1.165, 1.54) is 19.8 Å². The lowest BCUT2D eigenvalue weighted by molar-refractivity contribution is 0.340. The second-order valence-corrected chi connectivity index (χ2v) is 4.86. The van der Waals surface area contributed by atoms with Gasteiger partial charge in [0.05, 0.1) is 21.3 Å². The molecule has 1 aromatic heterocycles. The van der Waals surface area contributed by atoms with Crippen LogP contribution in [0.5, 0.6) is 17.8 Å². The molecule has 116 valence electrons. The van der Waals surface area contributed by atoms with Gasteiger partial charge in [-0.25, -0.2) is 0 Å². The van der Waals surface area contributed by atoms with Gasteiger partial charge >= 0.3 is 12.0 Å². The number of rotatable bonds is 4. The van der Waals surface area contributed by atoms with Crippen molar-refractivity contribution in [1.29, 1.82) is 0 Å². The highest BCUT2D eigenvalue weighted by atomic mass is 16.5. The minimum Gasteiger partial charge on any atom is -0.497 e. The van der Waals surface area contributed by atoms with Gasteiger partial charge in [-0.1, -0.05) is 0 Å². The van der Waals surface area contributed by atoms with E-state index >= 15 is 0 Å². The molecule has 0 radical (unpaired) electrons. The summed E-state index contributed by atoms with van der Waals surface area (Å²) < 4.78 is 15.5. The quantitative estimate of drug-likeness (QED) is 0.855. The number of nitrogens with zero attached hydrogens (tertiary/aromatic N) is 4. The number of methoxy groups -OCH3 is 3. The molecule has 3 rings (SSSR count). The van der Waals surface area contributed by atoms with Gasteiger partial charge in [0.1, 0.15) is 5.75 Å². The normalized spacial score (nSPS) is 13.5. The van der Waals surface area contributed by atoms with Crippen molar-refractivity contribution in [2.75, 3.05) is 32.8 Å². The van der Waals surface area contributed by atoms with Gasteiger partial charge in [0.2, 0.25) is 5.95 Å². The Morgan fingerprint density at radius 2 is 1.68 bits per heavy atom. The fourth-order valence-electron chi connectivity index (χ4n) is 2.54. The third-order valence-electron chi connectivity index (χ3n) is 3.59. The van der Waals surface area contributed by atoms with Crippen LogP contribution in [-0.4, -0.2) is 42.8 Å². The minimum atomic E-state index is 0.238. The number of fused-ring (bicyclic) bond motifs is 1. The zero-order valence-electron chi connectivity index (χ0n) is 12.9. The Kier molecular flexibility index (Phi) is 3.95. The third kappa shape index (κ3) is 2.61. The molecule has 0 fully saturated rings.